The van der Waals surface area contributed by atoms with E-state index in [-0.39, 0.29) is 18.8 Å². The van der Waals surface area contributed by atoms with Crippen LogP contribution >= 0.6 is 0 Å². The third-order valence-electron chi connectivity index (χ3n) is 3.71. The SMILES string of the molecule is CCC(C)CC1(O)CCCC(C(F)(F)F)C1. The van der Waals surface area contributed by atoms with E-state index in [0.717, 1.165) is 6.42 Å². The lowest BCUT2D eigenvalue weighted by Crippen LogP contribution is -2.41. The predicted octanol–water partition coefficient (Wildman–Crippen LogP) is 3.91. The Morgan fingerprint density at radius 3 is 2.56 bits per heavy atom. The van der Waals surface area contributed by atoms with Gasteiger partial charge >= 0.3 is 6.18 Å². The van der Waals surface area contributed by atoms with Crippen LogP contribution in [0.2, 0.25) is 0 Å². The Bertz CT molecular complexity index is 227. The van der Waals surface area contributed by atoms with Crippen LogP contribution < -0.4 is 0 Å². The molecule has 1 fully saturated rings. The quantitative estimate of drug-likeness (QED) is 0.790. The third kappa shape index (κ3) is 3.65. The van der Waals surface area contributed by atoms with Gasteiger partial charge in [0.1, 0.15) is 0 Å². The highest BCUT2D eigenvalue weighted by molar-refractivity contribution is 4.89. The van der Waals surface area contributed by atoms with Gasteiger partial charge in [-0.1, -0.05) is 20.3 Å². The van der Waals surface area contributed by atoms with Crippen molar-refractivity contribution < 1.29 is 18.3 Å². The van der Waals surface area contributed by atoms with Gasteiger partial charge < -0.3 is 5.11 Å². The van der Waals surface area contributed by atoms with Crippen molar-refractivity contribution in [1.82, 2.24) is 0 Å². The van der Waals surface area contributed by atoms with Gasteiger partial charge in [0.05, 0.1) is 11.5 Å². The van der Waals surface area contributed by atoms with E-state index >= 15 is 0 Å². The molecule has 1 N–H and O–H groups in total. The molecule has 1 aliphatic carbocycles. The minimum atomic E-state index is -4.15. The summed E-state index contributed by atoms with van der Waals surface area (Å²) in [5.41, 5.74) is -1.09. The van der Waals surface area contributed by atoms with Crippen LogP contribution in [0.3, 0.4) is 0 Å². The maximum atomic E-state index is 12.6. The minimum Gasteiger partial charge on any atom is -0.390 e. The molecule has 3 atom stereocenters. The highest BCUT2D eigenvalue weighted by Gasteiger charge is 2.46. The summed E-state index contributed by atoms with van der Waals surface area (Å²) in [5, 5.41) is 10.2. The minimum absolute atomic E-state index is 0.110. The van der Waals surface area contributed by atoms with Crippen molar-refractivity contribution in [3.63, 3.8) is 0 Å². The second-order valence-electron chi connectivity index (χ2n) is 5.28. The molecule has 96 valence electrons. The van der Waals surface area contributed by atoms with Crippen LogP contribution in [0.1, 0.15) is 52.4 Å². The van der Waals surface area contributed by atoms with Crippen molar-refractivity contribution in [2.75, 3.05) is 0 Å². The number of alkyl halides is 3. The molecule has 0 bridgehead atoms. The zero-order valence-corrected chi connectivity index (χ0v) is 9.98. The average molecular weight is 238 g/mol. The molecule has 16 heavy (non-hydrogen) atoms. The first kappa shape index (κ1) is 13.8. The van der Waals surface area contributed by atoms with Crippen LogP contribution in [-0.4, -0.2) is 16.9 Å². The normalized spacial score (nSPS) is 33.8. The zero-order valence-electron chi connectivity index (χ0n) is 9.98. The van der Waals surface area contributed by atoms with Crippen LogP contribution in [-0.2, 0) is 0 Å². The van der Waals surface area contributed by atoms with Gasteiger partial charge in [0.25, 0.3) is 0 Å². The average Bonchev–Trinajstić information content (AvgIpc) is 2.15. The Balaban J connectivity index is 2.61. The molecule has 0 amide bonds. The summed E-state index contributed by atoms with van der Waals surface area (Å²) in [6.45, 7) is 3.98. The van der Waals surface area contributed by atoms with Crippen molar-refractivity contribution in [2.24, 2.45) is 11.8 Å². The van der Waals surface area contributed by atoms with Gasteiger partial charge in [0.2, 0.25) is 0 Å². The molecule has 0 heterocycles. The van der Waals surface area contributed by atoms with Crippen LogP contribution in [0.15, 0.2) is 0 Å². The first-order valence-corrected chi connectivity index (χ1v) is 6.06. The fraction of sp³-hybridized carbons (Fsp3) is 1.00. The fourth-order valence-electron chi connectivity index (χ4n) is 2.60. The molecular formula is C12H21F3O. The highest BCUT2D eigenvalue weighted by Crippen LogP contribution is 2.44. The van der Waals surface area contributed by atoms with E-state index in [0.29, 0.717) is 19.3 Å². The summed E-state index contributed by atoms with van der Waals surface area (Å²) >= 11 is 0. The largest absolute Gasteiger partial charge is 0.391 e. The lowest BCUT2D eigenvalue weighted by Gasteiger charge is -2.39. The summed E-state index contributed by atoms with van der Waals surface area (Å²) in [6.07, 6.45) is -1.69. The maximum Gasteiger partial charge on any atom is 0.391 e. The van der Waals surface area contributed by atoms with Gasteiger partial charge in [-0.05, 0) is 38.0 Å². The summed E-state index contributed by atoms with van der Waals surface area (Å²) < 4.78 is 37.8. The molecule has 1 nitrogen and oxygen atoms in total. The first-order valence-electron chi connectivity index (χ1n) is 6.06. The topological polar surface area (TPSA) is 20.2 Å². The van der Waals surface area contributed by atoms with Gasteiger partial charge in [-0.3, -0.25) is 0 Å². The second-order valence-corrected chi connectivity index (χ2v) is 5.28. The number of hydrogen-bond acceptors (Lipinski definition) is 1. The molecule has 0 aromatic rings. The molecule has 0 radical (unpaired) electrons. The van der Waals surface area contributed by atoms with Crippen molar-refractivity contribution in [1.29, 1.82) is 0 Å². The van der Waals surface area contributed by atoms with Crippen LogP contribution in [0, 0.1) is 11.8 Å². The Morgan fingerprint density at radius 2 is 2.06 bits per heavy atom. The first-order chi connectivity index (χ1) is 7.27. The molecule has 1 aliphatic rings. The van der Waals surface area contributed by atoms with Gasteiger partial charge in [-0.2, -0.15) is 13.2 Å². The number of aliphatic hydroxyl groups is 1. The summed E-state index contributed by atoms with van der Waals surface area (Å²) in [5.74, 6) is -1.02. The Labute approximate surface area is 95.0 Å². The van der Waals surface area contributed by atoms with E-state index in [1.807, 2.05) is 13.8 Å². The van der Waals surface area contributed by atoms with Crippen molar-refractivity contribution >= 4 is 0 Å². The Morgan fingerprint density at radius 1 is 1.44 bits per heavy atom. The van der Waals surface area contributed by atoms with E-state index in [9.17, 15) is 18.3 Å². The summed E-state index contributed by atoms with van der Waals surface area (Å²) in [6, 6.07) is 0. The predicted molar refractivity (Wildman–Crippen MR) is 57.0 cm³/mol. The van der Waals surface area contributed by atoms with Gasteiger partial charge in [0.15, 0.2) is 0 Å². The highest BCUT2D eigenvalue weighted by atomic mass is 19.4. The van der Waals surface area contributed by atoms with E-state index in [2.05, 4.69) is 0 Å². The molecule has 4 heteroatoms. The third-order valence-corrected chi connectivity index (χ3v) is 3.71. The molecular weight excluding hydrogens is 217 g/mol. The smallest absolute Gasteiger partial charge is 0.390 e. The molecule has 0 spiro atoms. The van der Waals surface area contributed by atoms with E-state index < -0.39 is 17.7 Å². The van der Waals surface area contributed by atoms with E-state index in [1.165, 1.54) is 0 Å². The molecule has 0 aromatic heterocycles. The van der Waals surface area contributed by atoms with Crippen LogP contribution in [0.4, 0.5) is 13.2 Å². The van der Waals surface area contributed by atoms with Crippen LogP contribution in [0.25, 0.3) is 0 Å². The van der Waals surface area contributed by atoms with Gasteiger partial charge in [-0.25, -0.2) is 0 Å². The van der Waals surface area contributed by atoms with Crippen molar-refractivity contribution in [3.8, 4) is 0 Å². The van der Waals surface area contributed by atoms with Crippen molar-refractivity contribution in [2.45, 2.75) is 64.1 Å². The van der Waals surface area contributed by atoms with E-state index in [4.69, 9.17) is 0 Å². The molecule has 3 unspecified atom stereocenters. The van der Waals surface area contributed by atoms with E-state index in [1.54, 1.807) is 0 Å². The van der Waals surface area contributed by atoms with Gasteiger partial charge in [0, 0.05) is 0 Å². The second kappa shape index (κ2) is 4.94. The summed E-state index contributed by atoms with van der Waals surface area (Å²) in [4.78, 5) is 0. The lowest BCUT2D eigenvalue weighted by atomic mass is 9.73. The van der Waals surface area contributed by atoms with Gasteiger partial charge in [-0.15, -0.1) is 0 Å². The molecule has 0 aliphatic heterocycles. The standard InChI is InChI=1S/C12H21F3O/c1-3-9(2)7-11(16)6-4-5-10(8-11)12(13,14)15/h9-10,16H,3-8H2,1-2H3. The zero-order chi connectivity index (χ0) is 12.4. The maximum absolute atomic E-state index is 12.6. The molecule has 0 saturated heterocycles. The Kier molecular flexibility index (Phi) is 4.27. The van der Waals surface area contributed by atoms with Crippen molar-refractivity contribution in [3.05, 3.63) is 0 Å². The molecule has 1 saturated carbocycles. The molecule has 1 rings (SSSR count). The Hall–Kier alpha value is -0.250. The van der Waals surface area contributed by atoms with Crippen LogP contribution in [0.5, 0.6) is 0 Å². The lowest BCUT2D eigenvalue weighted by molar-refractivity contribution is -0.202. The monoisotopic (exact) mass is 238 g/mol. The summed E-state index contributed by atoms with van der Waals surface area (Å²) in [7, 11) is 0. The molecule has 0 aromatic carbocycles. The number of hydrogen-bond donors (Lipinski definition) is 1. The number of halogens is 3. The fourth-order valence-corrected chi connectivity index (χ4v) is 2.60. The number of rotatable bonds is 3.